The highest BCUT2D eigenvalue weighted by molar-refractivity contribution is 5.95. The van der Waals surface area contributed by atoms with Crippen LogP contribution in [0.3, 0.4) is 0 Å². The van der Waals surface area contributed by atoms with Gasteiger partial charge < -0.3 is 15.7 Å². The fraction of sp³-hybridized carbons (Fsp3) is 0.333. The molecule has 17 heavy (non-hydrogen) atoms. The molecule has 1 aromatic carbocycles. The highest BCUT2D eigenvalue weighted by Gasteiger charge is 2.09. The molecule has 0 saturated carbocycles. The van der Waals surface area contributed by atoms with Crippen LogP contribution in [0.1, 0.15) is 24.2 Å². The first-order chi connectivity index (χ1) is 8.00. The van der Waals surface area contributed by atoms with Crippen LogP contribution in [0.4, 0.5) is 5.69 Å². The summed E-state index contributed by atoms with van der Waals surface area (Å²) in [5.41, 5.74) is 0.601. The largest absolute Gasteiger partial charge is 0.478 e. The van der Waals surface area contributed by atoms with Gasteiger partial charge in [-0.2, -0.15) is 0 Å². The number of carboxylic acids is 1. The van der Waals surface area contributed by atoms with Crippen molar-refractivity contribution in [3.63, 3.8) is 0 Å². The molecule has 1 rings (SSSR count). The number of para-hydroxylation sites is 1. The number of hydrogen-bond donors (Lipinski definition) is 3. The van der Waals surface area contributed by atoms with E-state index in [0.717, 1.165) is 0 Å². The van der Waals surface area contributed by atoms with Gasteiger partial charge in [0.1, 0.15) is 0 Å². The van der Waals surface area contributed by atoms with E-state index in [2.05, 4.69) is 10.6 Å². The Labute approximate surface area is 99.8 Å². The van der Waals surface area contributed by atoms with E-state index in [1.54, 1.807) is 18.2 Å². The Morgan fingerprint density at radius 1 is 1.29 bits per heavy atom. The standard InChI is InChI=1S/C12H16N2O3/c1-8(2)14-11(15)7-13-10-6-4-3-5-9(10)12(16)17/h3-6,8,13H,7H2,1-2H3,(H,14,15)(H,16,17). The number of anilines is 1. The molecule has 1 amide bonds. The molecule has 0 bridgehead atoms. The van der Waals surface area contributed by atoms with Crippen molar-refractivity contribution >= 4 is 17.6 Å². The molecule has 0 aliphatic heterocycles. The summed E-state index contributed by atoms with van der Waals surface area (Å²) in [5, 5.41) is 14.5. The third kappa shape index (κ3) is 4.14. The van der Waals surface area contributed by atoms with Gasteiger partial charge in [0.05, 0.1) is 12.1 Å². The lowest BCUT2D eigenvalue weighted by atomic mass is 10.2. The van der Waals surface area contributed by atoms with Crippen LogP contribution in [-0.2, 0) is 4.79 Å². The van der Waals surface area contributed by atoms with Crippen molar-refractivity contribution in [3.8, 4) is 0 Å². The molecule has 0 saturated heterocycles. The second kappa shape index (κ2) is 5.89. The number of carbonyl (C=O) groups is 2. The Bertz CT molecular complexity index is 416. The van der Waals surface area contributed by atoms with E-state index in [-0.39, 0.29) is 24.1 Å². The van der Waals surface area contributed by atoms with Gasteiger partial charge in [0.2, 0.25) is 5.91 Å². The van der Waals surface area contributed by atoms with Gasteiger partial charge in [-0.25, -0.2) is 4.79 Å². The van der Waals surface area contributed by atoms with Crippen molar-refractivity contribution in [2.45, 2.75) is 19.9 Å². The van der Waals surface area contributed by atoms with Crippen LogP contribution in [0, 0.1) is 0 Å². The molecule has 0 heterocycles. The monoisotopic (exact) mass is 236 g/mol. The fourth-order valence-electron chi connectivity index (χ4n) is 1.37. The first-order valence-corrected chi connectivity index (χ1v) is 5.36. The first kappa shape index (κ1) is 13.0. The third-order valence-electron chi connectivity index (χ3n) is 2.05. The molecule has 0 aliphatic carbocycles. The van der Waals surface area contributed by atoms with Gasteiger partial charge in [-0.1, -0.05) is 12.1 Å². The van der Waals surface area contributed by atoms with Crippen LogP contribution >= 0.6 is 0 Å². The molecular formula is C12H16N2O3. The zero-order valence-corrected chi connectivity index (χ0v) is 9.86. The summed E-state index contributed by atoms with van der Waals surface area (Å²) in [6.45, 7) is 3.79. The van der Waals surface area contributed by atoms with E-state index in [1.807, 2.05) is 13.8 Å². The summed E-state index contributed by atoms with van der Waals surface area (Å²) in [6.07, 6.45) is 0. The zero-order chi connectivity index (χ0) is 12.8. The van der Waals surface area contributed by atoms with Crippen LogP contribution in [0.25, 0.3) is 0 Å². The quantitative estimate of drug-likeness (QED) is 0.720. The van der Waals surface area contributed by atoms with Gasteiger partial charge in [-0.05, 0) is 26.0 Å². The lowest BCUT2D eigenvalue weighted by molar-refractivity contribution is -0.119. The lowest BCUT2D eigenvalue weighted by Gasteiger charge is -2.11. The van der Waals surface area contributed by atoms with E-state index in [0.29, 0.717) is 5.69 Å². The normalized spacial score (nSPS) is 10.1. The molecule has 0 radical (unpaired) electrons. The number of aromatic carboxylic acids is 1. The summed E-state index contributed by atoms with van der Waals surface area (Å²) in [6, 6.07) is 6.55. The van der Waals surface area contributed by atoms with Crippen molar-refractivity contribution in [3.05, 3.63) is 29.8 Å². The Morgan fingerprint density at radius 3 is 2.53 bits per heavy atom. The molecule has 1 aromatic rings. The van der Waals surface area contributed by atoms with E-state index in [4.69, 9.17) is 5.11 Å². The minimum Gasteiger partial charge on any atom is -0.478 e. The minimum atomic E-state index is -1.02. The number of benzene rings is 1. The fourth-order valence-corrected chi connectivity index (χ4v) is 1.37. The molecule has 0 fully saturated rings. The van der Waals surface area contributed by atoms with Gasteiger partial charge in [-0.3, -0.25) is 4.79 Å². The number of amides is 1. The van der Waals surface area contributed by atoms with E-state index >= 15 is 0 Å². The van der Waals surface area contributed by atoms with Gasteiger partial charge in [0.25, 0.3) is 0 Å². The van der Waals surface area contributed by atoms with Crippen molar-refractivity contribution in [2.75, 3.05) is 11.9 Å². The molecule has 0 spiro atoms. The van der Waals surface area contributed by atoms with Crippen molar-refractivity contribution in [1.82, 2.24) is 5.32 Å². The van der Waals surface area contributed by atoms with Crippen LogP contribution in [0.15, 0.2) is 24.3 Å². The summed E-state index contributed by atoms with van der Waals surface area (Å²) in [5.74, 6) is -1.18. The van der Waals surface area contributed by atoms with E-state index < -0.39 is 5.97 Å². The van der Waals surface area contributed by atoms with Gasteiger partial charge in [-0.15, -0.1) is 0 Å². The molecule has 0 aliphatic rings. The van der Waals surface area contributed by atoms with Crippen LogP contribution in [0.5, 0.6) is 0 Å². The topological polar surface area (TPSA) is 78.4 Å². The maximum absolute atomic E-state index is 11.4. The number of carbonyl (C=O) groups excluding carboxylic acids is 1. The summed E-state index contributed by atoms with van der Waals surface area (Å²) >= 11 is 0. The molecular weight excluding hydrogens is 220 g/mol. The summed E-state index contributed by atoms with van der Waals surface area (Å²) < 4.78 is 0. The maximum atomic E-state index is 11.4. The minimum absolute atomic E-state index is 0.0580. The molecule has 3 N–H and O–H groups in total. The molecule has 92 valence electrons. The number of nitrogens with one attached hydrogen (secondary N) is 2. The van der Waals surface area contributed by atoms with Crippen molar-refractivity contribution in [1.29, 1.82) is 0 Å². The average molecular weight is 236 g/mol. The average Bonchev–Trinajstić information content (AvgIpc) is 2.25. The zero-order valence-electron chi connectivity index (χ0n) is 9.86. The van der Waals surface area contributed by atoms with Crippen molar-refractivity contribution < 1.29 is 14.7 Å². The number of carboxylic acid groups (broad SMARTS) is 1. The Balaban J connectivity index is 2.63. The Kier molecular flexibility index (Phi) is 4.51. The second-order valence-corrected chi connectivity index (χ2v) is 3.93. The lowest BCUT2D eigenvalue weighted by Crippen LogP contribution is -2.35. The number of hydrogen-bond acceptors (Lipinski definition) is 3. The Morgan fingerprint density at radius 2 is 1.94 bits per heavy atom. The molecule has 0 atom stereocenters. The predicted molar refractivity (Wildman–Crippen MR) is 65.2 cm³/mol. The first-order valence-electron chi connectivity index (χ1n) is 5.36. The molecule has 5 heteroatoms. The second-order valence-electron chi connectivity index (χ2n) is 3.93. The highest BCUT2D eigenvalue weighted by Crippen LogP contribution is 2.14. The number of rotatable bonds is 5. The molecule has 5 nitrogen and oxygen atoms in total. The predicted octanol–water partition coefficient (Wildman–Crippen LogP) is 1.32. The maximum Gasteiger partial charge on any atom is 0.337 e. The van der Waals surface area contributed by atoms with Crippen LogP contribution in [-0.4, -0.2) is 29.6 Å². The third-order valence-corrected chi connectivity index (χ3v) is 2.05. The smallest absolute Gasteiger partial charge is 0.337 e. The SMILES string of the molecule is CC(C)NC(=O)CNc1ccccc1C(=O)O. The summed E-state index contributed by atoms with van der Waals surface area (Å²) in [4.78, 5) is 22.3. The van der Waals surface area contributed by atoms with Gasteiger partial charge >= 0.3 is 5.97 Å². The van der Waals surface area contributed by atoms with Crippen molar-refractivity contribution in [2.24, 2.45) is 0 Å². The van der Waals surface area contributed by atoms with Crippen LogP contribution < -0.4 is 10.6 Å². The Hall–Kier alpha value is -2.04. The summed E-state index contributed by atoms with van der Waals surface area (Å²) in [7, 11) is 0. The van der Waals surface area contributed by atoms with Crippen LogP contribution in [0.2, 0.25) is 0 Å². The van der Waals surface area contributed by atoms with Gasteiger partial charge in [0, 0.05) is 11.7 Å². The van der Waals surface area contributed by atoms with E-state index in [9.17, 15) is 9.59 Å². The molecule has 0 unspecified atom stereocenters. The molecule has 0 aromatic heterocycles. The van der Waals surface area contributed by atoms with E-state index in [1.165, 1.54) is 6.07 Å². The highest BCUT2D eigenvalue weighted by atomic mass is 16.4. The van der Waals surface area contributed by atoms with Gasteiger partial charge in [0.15, 0.2) is 0 Å².